The Kier molecular flexibility index (Phi) is 7.06. The molecular weight excluding hydrogens is 358 g/mol. The fourth-order valence-electron chi connectivity index (χ4n) is 2.53. The highest BCUT2D eigenvalue weighted by Crippen LogP contribution is 2.22. The van der Waals surface area contributed by atoms with E-state index in [-0.39, 0.29) is 5.41 Å². The molecule has 0 aliphatic rings. The first-order chi connectivity index (χ1) is 13.2. The van der Waals surface area contributed by atoms with Crippen LogP contribution in [0.1, 0.15) is 52.6 Å². The second-order valence-electron chi connectivity index (χ2n) is 7.41. The number of ether oxygens (including phenoxy) is 2. The van der Waals surface area contributed by atoms with Gasteiger partial charge in [0.25, 0.3) is 11.8 Å². The van der Waals surface area contributed by atoms with Crippen molar-refractivity contribution in [3.63, 3.8) is 0 Å². The molecule has 28 heavy (non-hydrogen) atoms. The summed E-state index contributed by atoms with van der Waals surface area (Å²) in [7, 11) is 1.56. The normalized spacial score (nSPS) is 11.0. The summed E-state index contributed by atoms with van der Waals surface area (Å²) < 4.78 is 10.00. The van der Waals surface area contributed by atoms with Gasteiger partial charge in [-0.2, -0.15) is 0 Å². The van der Waals surface area contributed by atoms with E-state index in [1.54, 1.807) is 37.4 Å². The van der Waals surface area contributed by atoms with Gasteiger partial charge >= 0.3 is 5.97 Å². The van der Waals surface area contributed by atoms with E-state index in [1.165, 1.54) is 0 Å². The molecule has 0 heterocycles. The molecule has 2 aromatic rings. The van der Waals surface area contributed by atoms with Crippen LogP contribution in [0.5, 0.6) is 0 Å². The van der Waals surface area contributed by atoms with E-state index in [2.05, 4.69) is 26.1 Å². The van der Waals surface area contributed by atoms with Crippen molar-refractivity contribution in [1.82, 2.24) is 5.32 Å². The number of nitrogens with one attached hydrogen (secondary N) is 1. The van der Waals surface area contributed by atoms with Gasteiger partial charge in [-0.15, -0.1) is 0 Å². The number of benzene rings is 2. The summed E-state index contributed by atoms with van der Waals surface area (Å²) >= 11 is 0. The largest absolute Gasteiger partial charge is 0.452 e. The first-order valence-corrected chi connectivity index (χ1v) is 8.90. The Hall–Kier alpha value is -2.99. The van der Waals surface area contributed by atoms with E-state index >= 15 is 0 Å². The van der Waals surface area contributed by atoms with Crippen LogP contribution in [-0.4, -0.2) is 31.5 Å². The maximum Gasteiger partial charge on any atom is 0.338 e. The van der Waals surface area contributed by atoms with Gasteiger partial charge in [0.1, 0.15) is 0 Å². The second kappa shape index (κ2) is 9.28. The van der Waals surface area contributed by atoms with Crippen molar-refractivity contribution >= 4 is 17.8 Å². The van der Waals surface area contributed by atoms with E-state index in [1.807, 2.05) is 18.2 Å². The van der Waals surface area contributed by atoms with Crippen LogP contribution in [-0.2, 0) is 26.3 Å². The van der Waals surface area contributed by atoms with Crippen LogP contribution in [0, 0.1) is 0 Å². The average Bonchev–Trinajstić information content (AvgIpc) is 2.66. The van der Waals surface area contributed by atoms with Gasteiger partial charge < -0.3 is 9.47 Å². The van der Waals surface area contributed by atoms with Crippen molar-refractivity contribution in [2.45, 2.75) is 32.8 Å². The summed E-state index contributed by atoms with van der Waals surface area (Å²) in [6, 6.07) is 13.8. The maximum atomic E-state index is 12.2. The summed E-state index contributed by atoms with van der Waals surface area (Å²) in [5.41, 5.74) is 2.54. The number of amides is 2. The topological polar surface area (TPSA) is 81.7 Å². The minimum Gasteiger partial charge on any atom is -0.452 e. The predicted molar refractivity (Wildman–Crippen MR) is 105 cm³/mol. The Bertz CT molecular complexity index is 850. The molecule has 0 atom stereocenters. The minimum atomic E-state index is -0.689. The van der Waals surface area contributed by atoms with Crippen molar-refractivity contribution < 1.29 is 23.9 Å². The summed E-state index contributed by atoms with van der Waals surface area (Å²) in [5, 5.41) is 2.22. The fourth-order valence-corrected chi connectivity index (χ4v) is 2.53. The van der Waals surface area contributed by atoms with E-state index in [4.69, 9.17) is 9.47 Å². The van der Waals surface area contributed by atoms with Crippen LogP contribution in [0.2, 0.25) is 0 Å². The van der Waals surface area contributed by atoms with Crippen LogP contribution >= 0.6 is 0 Å². The number of imide groups is 1. The first-order valence-electron chi connectivity index (χ1n) is 8.90. The van der Waals surface area contributed by atoms with Crippen molar-refractivity contribution in [3.05, 3.63) is 70.8 Å². The molecule has 6 nitrogen and oxygen atoms in total. The summed E-state index contributed by atoms with van der Waals surface area (Å²) in [5.74, 6) is -1.87. The second-order valence-corrected chi connectivity index (χ2v) is 7.41. The van der Waals surface area contributed by atoms with Crippen molar-refractivity contribution in [2.24, 2.45) is 0 Å². The van der Waals surface area contributed by atoms with Crippen LogP contribution in [0.25, 0.3) is 0 Å². The number of carbonyl (C=O) groups excluding carboxylic acids is 3. The van der Waals surface area contributed by atoms with Gasteiger partial charge in [-0.05, 0) is 40.8 Å². The van der Waals surface area contributed by atoms with Gasteiger partial charge in [-0.3, -0.25) is 14.9 Å². The molecule has 0 fully saturated rings. The molecule has 2 aromatic carbocycles. The molecule has 0 bridgehead atoms. The van der Waals surface area contributed by atoms with Gasteiger partial charge in [-0.1, -0.05) is 45.0 Å². The molecule has 2 amide bonds. The SMILES string of the molecule is COCc1cccc(C(=O)OCC(=O)NC(=O)c2ccc(C(C)(C)C)cc2)c1. The van der Waals surface area contributed by atoms with Crippen molar-refractivity contribution in [3.8, 4) is 0 Å². The average molecular weight is 383 g/mol. The molecule has 0 radical (unpaired) electrons. The lowest BCUT2D eigenvalue weighted by molar-refractivity contribution is -0.123. The molecule has 6 heteroatoms. The lowest BCUT2D eigenvalue weighted by Crippen LogP contribution is -2.34. The molecule has 1 N–H and O–H groups in total. The van der Waals surface area contributed by atoms with Crippen molar-refractivity contribution in [1.29, 1.82) is 0 Å². The van der Waals surface area contributed by atoms with Crippen molar-refractivity contribution in [2.75, 3.05) is 13.7 Å². The van der Waals surface area contributed by atoms with E-state index in [0.717, 1.165) is 11.1 Å². The molecule has 0 aliphatic carbocycles. The molecule has 0 aromatic heterocycles. The first kappa shape index (κ1) is 21.3. The smallest absolute Gasteiger partial charge is 0.338 e. The van der Waals surface area contributed by atoms with E-state index < -0.39 is 24.4 Å². The van der Waals surface area contributed by atoms with Gasteiger partial charge in [0.15, 0.2) is 6.61 Å². The zero-order valence-corrected chi connectivity index (χ0v) is 16.6. The quantitative estimate of drug-likeness (QED) is 0.775. The number of rotatable bonds is 6. The Morgan fingerprint density at radius 2 is 1.64 bits per heavy atom. The van der Waals surface area contributed by atoms with Gasteiger partial charge in [-0.25, -0.2) is 4.79 Å². The lowest BCUT2D eigenvalue weighted by atomic mass is 9.87. The number of carbonyl (C=O) groups is 3. The third-order valence-electron chi connectivity index (χ3n) is 4.07. The molecule has 2 rings (SSSR count). The Morgan fingerprint density at radius 3 is 2.25 bits per heavy atom. The van der Waals surface area contributed by atoms with Gasteiger partial charge in [0, 0.05) is 12.7 Å². The van der Waals surface area contributed by atoms with Gasteiger partial charge in [0.2, 0.25) is 0 Å². The lowest BCUT2D eigenvalue weighted by Gasteiger charge is -2.19. The molecule has 148 valence electrons. The minimum absolute atomic E-state index is 0.0282. The zero-order valence-electron chi connectivity index (χ0n) is 16.6. The third kappa shape index (κ3) is 6.03. The van der Waals surface area contributed by atoms with Crippen LogP contribution in [0.15, 0.2) is 48.5 Å². The number of methoxy groups -OCH3 is 1. The van der Waals surface area contributed by atoms with Gasteiger partial charge in [0.05, 0.1) is 12.2 Å². The zero-order chi connectivity index (χ0) is 20.7. The maximum absolute atomic E-state index is 12.2. The molecule has 0 saturated carbocycles. The highest BCUT2D eigenvalue weighted by atomic mass is 16.5. The van der Waals surface area contributed by atoms with Crippen LogP contribution in [0.3, 0.4) is 0 Å². The van der Waals surface area contributed by atoms with E-state index in [0.29, 0.717) is 17.7 Å². The molecular formula is C22H25NO5. The fraction of sp³-hybridized carbons (Fsp3) is 0.318. The monoisotopic (exact) mass is 383 g/mol. The Balaban J connectivity index is 1.89. The summed E-state index contributed by atoms with van der Waals surface area (Å²) in [6.45, 7) is 6.05. The molecule has 0 saturated heterocycles. The highest BCUT2D eigenvalue weighted by Gasteiger charge is 2.16. The standard InChI is InChI=1S/C22H25NO5/c1-22(2,3)18-10-8-16(9-11-18)20(25)23-19(24)14-28-21(26)17-7-5-6-15(12-17)13-27-4/h5-12H,13-14H2,1-4H3,(H,23,24,25). The predicted octanol–water partition coefficient (Wildman–Crippen LogP) is 3.24. The van der Waals surface area contributed by atoms with Crippen LogP contribution < -0.4 is 5.32 Å². The van der Waals surface area contributed by atoms with E-state index in [9.17, 15) is 14.4 Å². The third-order valence-corrected chi connectivity index (χ3v) is 4.07. The number of hydrogen-bond acceptors (Lipinski definition) is 5. The molecule has 0 unspecified atom stereocenters. The highest BCUT2D eigenvalue weighted by molar-refractivity contribution is 6.05. The Morgan fingerprint density at radius 1 is 0.964 bits per heavy atom. The van der Waals surface area contributed by atoms with Crippen LogP contribution in [0.4, 0.5) is 0 Å². The number of esters is 1. The summed E-state index contributed by atoms with van der Waals surface area (Å²) in [6.07, 6.45) is 0. The summed E-state index contributed by atoms with van der Waals surface area (Å²) in [4.78, 5) is 36.2. The molecule has 0 spiro atoms. The Labute approximate surface area is 164 Å². The number of hydrogen-bond donors (Lipinski definition) is 1. The molecule has 0 aliphatic heterocycles.